The van der Waals surface area contributed by atoms with Crippen molar-refractivity contribution >= 4 is 32.5 Å². The van der Waals surface area contributed by atoms with Gasteiger partial charge in [0, 0.05) is 23.5 Å². The largest absolute Gasteiger partial charge is 0.385 e. The molecular formula is C15H18ClN3O3S. The summed E-state index contributed by atoms with van der Waals surface area (Å²) in [4.78, 5) is 0. The lowest BCUT2D eigenvalue weighted by atomic mass is 9.88. The molecule has 1 aliphatic heterocycles. The molecule has 1 saturated carbocycles. The van der Waals surface area contributed by atoms with Gasteiger partial charge in [-0.1, -0.05) is 11.6 Å². The lowest BCUT2D eigenvalue weighted by Gasteiger charge is -2.26. The number of fused-ring (bicyclic) bond motifs is 2. The van der Waals surface area contributed by atoms with Crippen LogP contribution in [-0.4, -0.2) is 47.4 Å². The maximum absolute atomic E-state index is 11.7. The molecule has 1 aromatic carbocycles. The molecule has 124 valence electrons. The number of benzene rings is 1. The van der Waals surface area contributed by atoms with E-state index in [4.69, 9.17) is 11.6 Å². The minimum absolute atomic E-state index is 0.177. The van der Waals surface area contributed by atoms with Crippen molar-refractivity contribution in [3.63, 3.8) is 0 Å². The van der Waals surface area contributed by atoms with Gasteiger partial charge in [-0.25, -0.2) is 12.7 Å². The first kappa shape index (κ1) is 15.4. The summed E-state index contributed by atoms with van der Waals surface area (Å²) < 4.78 is 24.9. The average molecular weight is 356 g/mol. The number of halogens is 1. The van der Waals surface area contributed by atoms with Gasteiger partial charge >= 0.3 is 0 Å². The second-order valence-electron chi connectivity index (χ2n) is 6.82. The van der Waals surface area contributed by atoms with Gasteiger partial charge in [0.05, 0.1) is 23.6 Å². The topological polar surface area (TPSA) is 86.3 Å². The van der Waals surface area contributed by atoms with E-state index in [-0.39, 0.29) is 11.8 Å². The molecule has 3 atom stereocenters. The second kappa shape index (κ2) is 4.92. The summed E-state index contributed by atoms with van der Waals surface area (Å²) in [6.07, 6.45) is 4.04. The van der Waals surface area contributed by atoms with Crippen molar-refractivity contribution in [1.82, 2.24) is 14.5 Å². The van der Waals surface area contributed by atoms with Crippen molar-refractivity contribution in [1.29, 1.82) is 0 Å². The van der Waals surface area contributed by atoms with Crippen LogP contribution in [0.25, 0.3) is 10.9 Å². The standard InChI is InChI=1S/C15H18ClN3O3S/c1-23(21,22)19-7-9-4-15(20,5-10(9)8-19)13-2-11(16)3-14-12(13)6-17-18-14/h2-3,6,9-10,20H,4-5,7-8H2,1H3,(H,17,18)/t9-,10+,15?. The van der Waals surface area contributed by atoms with Crippen molar-refractivity contribution in [3.05, 3.63) is 28.9 Å². The molecule has 23 heavy (non-hydrogen) atoms. The van der Waals surface area contributed by atoms with Crippen LogP contribution in [0, 0.1) is 11.8 Å². The molecule has 0 spiro atoms. The van der Waals surface area contributed by atoms with E-state index >= 15 is 0 Å². The predicted molar refractivity (Wildman–Crippen MR) is 87.6 cm³/mol. The number of hydrogen-bond donors (Lipinski definition) is 2. The molecule has 6 nitrogen and oxygen atoms in total. The van der Waals surface area contributed by atoms with Gasteiger partial charge < -0.3 is 5.11 Å². The minimum atomic E-state index is -3.16. The SMILES string of the molecule is CS(=O)(=O)N1C[C@@H]2CC(O)(c3cc(Cl)cc4[nH]ncc34)C[C@@H]2C1. The number of aliphatic hydroxyl groups is 1. The van der Waals surface area contributed by atoms with Gasteiger partial charge in [-0.3, -0.25) is 5.10 Å². The number of nitrogens with zero attached hydrogens (tertiary/aromatic N) is 2. The van der Waals surface area contributed by atoms with Gasteiger partial charge in [-0.05, 0) is 42.4 Å². The van der Waals surface area contributed by atoms with Crippen LogP contribution in [0.4, 0.5) is 0 Å². The Hall–Kier alpha value is -1.15. The fourth-order valence-electron chi connectivity index (χ4n) is 4.20. The first-order valence-corrected chi connectivity index (χ1v) is 9.79. The van der Waals surface area contributed by atoms with E-state index in [1.165, 1.54) is 10.6 Å². The molecule has 1 unspecified atom stereocenters. The molecule has 1 saturated heterocycles. The monoisotopic (exact) mass is 355 g/mol. The summed E-state index contributed by atoms with van der Waals surface area (Å²) in [5.41, 5.74) is 0.608. The van der Waals surface area contributed by atoms with E-state index in [2.05, 4.69) is 10.2 Å². The number of H-pyrrole nitrogens is 1. The number of aromatic nitrogens is 2. The van der Waals surface area contributed by atoms with E-state index in [1.54, 1.807) is 18.3 Å². The molecular weight excluding hydrogens is 338 g/mol. The lowest BCUT2D eigenvalue weighted by molar-refractivity contribution is 0.0354. The summed E-state index contributed by atoms with van der Waals surface area (Å²) in [6, 6.07) is 3.59. The molecule has 2 fully saturated rings. The number of sulfonamides is 1. The number of aromatic amines is 1. The third-order valence-corrected chi connectivity index (χ3v) is 6.69. The van der Waals surface area contributed by atoms with Crippen LogP contribution in [0.2, 0.25) is 5.02 Å². The Morgan fingerprint density at radius 1 is 1.35 bits per heavy atom. The lowest BCUT2D eigenvalue weighted by Crippen LogP contribution is -2.31. The van der Waals surface area contributed by atoms with Gasteiger partial charge in [0.1, 0.15) is 0 Å². The Kier molecular flexibility index (Phi) is 3.29. The van der Waals surface area contributed by atoms with E-state index in [1.807, 2.05) is 0 Å². The van der Waals surface area contributed by atoms with Crippen LogP contribution >= 0.6 is 11.6 Å². The zero-order valence-corrected chi connectivity index (χ0v) is 14.2. The molecule has 4 rings (SSSR count). The minimum Gasteiger partial charge on any atom is -0.385 e. The maximum Gasteiger partial charge on any atom is 0.211 e. The Balaban J connectivity index is 1.68. The van der Waals surface area contributed by atoms with Gasteiger partial charge in [0.25, 0.3) is 0 Å². The highest BCUT2D eigenvalue weighted by molar-refractivity contribution is 7.88. The number of hydrogen-bond acceptors (Lipinski definition) is 4. The number of rotatable bonds is 2. The molecule has 2 heterocycles. The highest BCUT2D eigenvalue weighted by atomic mass is 35.5. The van der Waals surface area contributed by atoms with E-state index in [0.717, 1.165) is 16.5 Å². The van der Waals surface area contributed by atoms with Crippen molar-refractivity contribution in [2.75, 3.05) is 19.3 Å². The third kappa shape index (κ3) is 2.46. The van der Waals surface area contributed by atoms with E-state index < -0.39 is 15.6 Å². The van der Waals surface area contributed by atoms with Crippen LogP contribution in [0.15, 0.2) is 18.3 Å². The van der Waals surface area contributed by atoms with Gasteiger partial charge in [-0.2, -0.15) is 5.10 Å². The first-order chi connectivity index (χ1) is 10.8. The van der Waals surface area contributed by atoms with Crippen LogP contribution < -0.4 is 0 Å². The number of nitrogens with one attached hydrogen (secondary N) is 1. The summed E-state index contributed by atoms with van der Waals surface area (Å²) in [6.45, 7) is 0.974. The molecule has 2 N–H and O–H groups in total. The predicted octanol–water partition coefficient (Wildman–Crippen LogP) is 1.71. The summed E-state index contributed by atoms with van der Waals surface area (Å²) in [5, 5.41) is 19.6. The fourth-order valence-corrected chi connectivity index (χ4v) is 5.34. The van der Waals surface area contributed by atoms with Crippen molar-refractivity contribution < 1.29 is 13.5 Å². The molecule has 8 heteroatoms. The Labute approximate surface area is 139 Å². The third-order valence-electron chi connectivity index (χ3n) is 5.24. The molecule has 1 aromatic heterocycles. The smallest absolute Gasteiger partial charge is 0.211 e. The van der Waals surface area contributed by atoms with Crippen LogP contribution in [0.3, 0.4) is 0 Å². The van der Waals surface area contributed by atoms with Crippen molar-refractivity contribution in [2.45, 2.75) is 18.4 Å². The Bertz CT molecular complexity index is 865. The van der Waals surface area contributed by atoms with E-state index in [0.29, 0.717) is 31.0 Å². The van der Waals surface area contributed by atoms with Crippen LogP contribution in [0.1, 0.15) is 18.4 Å². The van der Waals surface area contributed by atoms with Gasteiger partial charge in [0.2, 0.25) is 10.0 Å². The highest BCUT2D eigenvalue weighted by Gasteiger charge is 2.51. The Morgan fingerprint density at radius 2 is 2.00 bits per heavy atom. The molecule has 2 aliphatic rings. The summed E-state index contributed by atoms with van der Waals surface area (Å²) >= 11 is 6.18. The van der Waals surface area contributed by atoms with Crippen molar-refractivity contribution in [2.24, 2.45) is 11.8 Å². The molecule has 0 amide bonds. The maximum atomic E-state index is 11.7. The van der Waals surface area contributed by atoms with Gasteiger partial charge in [-0.15, -0.1) is 0 Å². The molecule has 0 radical (unpaired) electrons. The van der Waals surface area contributed by atoms with Crippen LogP contribution in [0.5, 0.6) is 0 Å². The summed E-state index contributed by atoms with van der Waals surface area (Å²) in [7, 11) is -3.16. The second-order valence-corrected chi connectivity index (χ2v) is 9.24. The van der Waals surface area contributed by atoms with Crippen molar-refractivity contribution in [3.8, 4) is 0 Å². The average Bonchev–Trinajstić information content (AvgIpc) is 3.09. The normalized spacial score (nSPS) is 31.8. The van der Waals surface area contributed by atoms with E-state index in [9.17, 15) is 13.5 Å². The van der Waals surface area contributed by atoms with Gasteiger partial charge in [0.15, 0.2) is 0 Å². The van der Waals surface area contributed by atoms with Crippen LogP contribution in [-0.2, 0) is 15.6 Å². The summed E-state index contributed by atoms with van der Waals surface area (Å²) in [5.74, 6) is 0.353. The molecule has 0 bridgehead atoms. The quantitative estimate of drug-likeness (QED) is 0.858. The first-order valence-electron chi connectivity index (χ1n) is 7.57. The zero-order chi connectivity index (χ0) is 16.4. The molecule has 2 aromatic rings. The molecule has 1 aliphatic carbocycles. The highest BCUT2D eigenvalue weighted by Crippen LogP contribution is 2.50. The Morgan fingerprint density at radius 3 is 2.61 bits per heavy atom. The zero-order valence-electron chi connectivity index (χ0n) is 12.7. The fraction of sp³-hybridized carbons (Fsp3) is 0.533.